The van der Waals surface area contributed by atoms with Crippen LogP contribution in [0, 0.1) is 45.3 Å². The van der Waals surface area contributed by atoms with Gasteiger partial charge >= 0.3 is 5.97 Å². The number of aliphatic hydroxyl groups is 3. The lowest BCUT2D eigenvalue weighted by atomic mass is 9.46. The lowest BCUT2D eigenvalue weighted by molar-refractivity contribution is -0.264. The molecule has 2 aliphatic heterocycles. The van der Waals surface area contributed by atoms with Gasteiger partial charge in [0.05, 0.1) is 30.2 Å². The highest BCUT2D eigenvalue weighted by Gasteiger charge is 2.84. The molecule has 0 aromatic rings. The van der Waals surface area contributed by atoms with Crippen LogP contribution in [0.1, 0.15) is 113 Å². The van der Waals surface area contributed by atoms with Crippen LogP contribution in [-0.2, 0) is 23.7 Å². The van der Waals surface area contributed by atoms with Gasteiger partial charge in [0.25, 0.3) is 0 Å². The van der Waals surface area contributed by atoms with E-state index in [1.165, 1.54) is 44.6 Å². The Balaban J connectivity index is 1.10. The largest absolute Gasteiger partial charge is 0.491 e. The SMILES string of the molecule is CC(=O)O[C@@H]([C@H]1CCC2=C(CC3[C@@H]4CCC5C(C)(C)[C@@H](OC6C[C@@H](O)[C@@H](O)CO6)CCC56[C@@H](C)[C@@]46CC[C@]23C)O1)C(C)(C)O. The first-order valence-corrected chi connectivity index (χ1v) is 17.5. The minimum absolute atomic E-state index is 0.00156. The third kappa shape index (κ3) is 4.22. The fraction of sp³-hybridized carbons (Fsp3) is 0.917. The van der Waals surface area contributed by atoms with E-state index in [0.29, 0.717) is 40.9 Å². The van der Waals surface area contributed by atoms with E-state index in [0.717, 1.165) is 31.4 Å². The molecule has 0 radical (unpaired) electrons. The highest BCUT2D eigenvalue weighted by molar-refractivity contribution is 5.66. The molecule has 0 aromatic heterocycles. The number of carbonyl (C=O) groups excluding carboxylic acids is 1. The number of ether oxygens (including phenoxy) is 4. The van der Waals surface area contributed by atoms with Gasteiger partial charge in [-0.05, 0) is 116 Å². The molecule has 0 aromatic carbocycles. The molecule has 0 amide bonds. The molecule has 44 heavy (non-hydrogen) atoms. The minimum atomic E-state index is -1.18. The molecule has 248 valence electrons. The molecular weight excluding hydrogens is 560 g/mol. The first-order valence-electron chi connectivity index (χ1n) is 17.5. The molecule has 3 N–H and O–H groups in total. The maximum absolute atomic E-state index is 11.9. The Labute approximate surface area is 263 Å². The Bertz CT molecular complexity index is 1200. The maximum atomic E-state index is 11.9. The number of allylic oxidation sites excluding steroid dienone is 2. The summed E-state index contributed by atoms with van der Waals surface area (Å²) in [4.78, 5) is 11.9. The summed E-state index contributed by atoms with van der Waals surface area (Å²) in [5.41, 5.74) is 1.17. The Morgan fingerprint density at radius 3 is 2.43 bits per heavy atom. The van der Waals surface area contributed by atoms with E-state index in [1.807, 2.05) is 0 Å². The predicted octanol–water partition coefficient (Wildman–Crippen LogP) is 5.26. The van der Waals surface area contributed by atoms with E-state index in [-0.39, 0.29) is 35.6 Å². The second-order valence-electron chi connectivity index (χ2n) is 17.2. The van der Waals surface area contributed by atoms with Crippen LogP contribution in [-0.4, -0.2) is 70.3 Å². The van der Waals surface area contributed by atoms with Crippen LogP contribution in [0.2, 0.25) is 0 Å². The Kier molecular flexibility index (Phi) is 7.25. The van der Waals surface area contributed by atoms with Crippen molar-refractivity contribution in [1.82, 2.24) is 0 Å². The van der Waals surface area contributed by atoms with Crippen LogP contribution in [0.15, 0.2) is 11.3 Å². The third-order valence-electron chi connectivity index (χ3n) is 14.7. The molecule has 7 aliphatic rings. The molecule has 8 heteroatoms. The number of fused-ring (bicyclic) bond motifs is 3. The van der Waals surface area contributed by atoms with Crippen LogP contribution >= 0.6 is 0 Å². The first-order chi connectivity index (χ1) is 20.6. The standard InChI is InChI=1S/C36H56O8/c1-19-35-15-14-34(7)22-8-10-26(31(33(5,6)40)42-20(2)37)43-27(22)16-23(34)21(35)9-11-28-32(3,4)29(12-13-36(19,28)35)44-30-17-24(38)25(39)18-41-30/h19,21,23-26,28-31,38-40H,8-18H2,1-7H3/t19-,21-,23?,24+,25-,26+,28?,29-,30?,31-,34+,35-,36?/m0/s1. The minimum Gasteiger partial charge on any atom is -0.491 e. The summed E-state index contributed by atoms with van der Waals surface area (Å²) in [5.74, 6) is 3.25. The van der Waals surface area contributed by atoms with Crippen molar-refractivity contribution in [2.75, 3.05) is 6.61 Å². The summed E-state index contributed by atoms with van der Waals surface area (Å²) < 4.78 is 24.8. The topological polar surface area (TPSA) is 115 Å². The molecule has 5 aliphatic carbocycles. The van der Waals surface area contributed by atoms with Gasteiger partial charge in [-0.1, -0.05) is 27.7 Å². The van der Waals surface area contributed by atoms with Crippen LogP contribution in [0.4, 0.5) is 0 Å². The summed E-state index contributed by atoms with van der Waals surface area (Å²) in [5, 5.41) is 31.0. The van der Waals surface area contributed by atoms with E-state index >= 15 is 0 Å². The van der Waals surface area contributed by atoms with Crippen molar-refractivity contribution in [1.29, 1.82) is 0 Å². The Hall–Kier alpha value is -1.19. The zero-order valence-electron chi connectivity index (χ0n) is 27.9. The van der Waals surface area contributed by atoms with Gasteiger partial charge in [0.15, 0.2) is 12.4 Å². The summed E-state index contributed by atoms with van der Waals surface area (Å²) in [6.07, 6.45) is 7.10. The number of carbonyl (C=O) groups is 1. The summed E-state index contributed by atoms with van der Waals surface area (Å²) in [7, 11) is 0. The van der Waals surface area contributed by atoms with Crippen molar-refractivity contribution in [2.45, 2.75) is 155 Å². The molecule has 2 heterocycles. The quantitative estimate of drug-likeness (QED) is 0.283. The molecule has 4 saturated carbocycles. The van der Waals surface area contributed by atoms with Gasteiger partial charge in [-0.15, -0.1) is 0 Å². The van der Waals surface area contributed by atoms with Crippen LogP contribution < -0.4 is 0 Å². The maximum Gasteiger partial charge on any atom is 0.303 e. The van der Waals surface area contributed by atoms with Crippen LogP contribution in [0.5, 0.6) is 0 Å². The van der Waals surface area contributed by atoms with Gasteiger partial charge in [0.1, 0.15) is 12.2 Å². The second kappa shape index (κ2) is 10.2. The van der Waals surface area contributed by atoms with Crippen molar-refractivity contribution in [3.63, 3.8) is 0 Å². The molecule has 0 bridgehead atoms. The fourth-order valence-electron chi connectivity index (χ4n) is 12.7. The van der Waals surface area contributed by atoms with E-state index in [2.05, 4.69) is 27.7 Å². The van der Waals surface area contributed by atoms with E-state index in [1.54, 1.807) is 13.8 Å². The summed E-state index contributed by atoms with van der Waals surface area (Å²) >= 11 is 0. The number of aliphatic hydroxyl groups excluding tert-OH is 2. The van der Waals surface area contributed by atoms with Crippen molar-refractivity contribution >= 4 is 5.97 Å². The fourth-order valence-corrected chi connectivity index (χ4v) is 12.7. The van der Waals surface area contributed by atoms with Gasteiger partial charge < -0.3 is 34.3 Å². The number of rotatable bonds is 5. The van der Waals surface area contributed by atoms with Crippen molar-refractivity contribution < 1.29 is 39.1 Å². The highest BCUT2D eigenvalue weighted by Crippen LogP contribution is 2.89. The second-order valence-corrected chi connectivity index (χ2v) is 17.2. The van der Waals surface area contributed by atoms with Crippen molar-refractivity contribution in [2.24, 2.45) is 45.3 Å². The molecule has 7 rings (SSSR count). The lowest BCUT2D eigenvalue weighted by Crippen LogP contribution is -2.55. The molecule has 5 fully saturated rings. The van der Waals surface area contributed by atoms with E-state index in [9.17, 15) is 20.1 Å². The highest BCUT2D eigenvalue weighted by atomic mass is 16.7. The summed E-state index contributed by atoms with van der Waals surface area (Å²) in [6, 6.07) is 0. The number of esters is 1. The molecule has 1 saturated heterocycles. The van der Waals surface area contributed by atoms with Crippen LogP contribution in [0.3, 0.4) is 0 Å². The van der Waals surface area contributed by atoms with Gasteiger partial charge in [-0.25, -0.2) is 0 Å². The zero-order chi connectivity index (χ0) is 31.6. The molecule has 8 nitrogen and oxygen atoms in total. The van der Waals surface area contributed by atoms with Crippen LogP contribution in [0.25, 0.3) is 0 Å². The van der Waals surface area contributed by atoms with Gasteiger partial charge in [-0.3, -0.25) is 4.79 Å². The zero-order valence-corrected chi connectivity index (χ0v) is 27.9. The lowest BCUT2D eigenvalue weighted by Gasteiger charge is -2.59. The average molecular weight is 617 g/mol. The molecular formula is C36H56O8. The normalized spacial score (nSPS) is 49.8. The number of hydrogen-bond acceptors (Lipinski definition) is 8. The van der Waals surface area contributed by atoms with Crippen molar-refractivity contribution in [3.8, 4) is 0 Å². The van der Waals surface area contributed by atoms with Crippen molar-refractivity contribution in [3.05, 3.63) is 11.3 Å². The summed E-state index contributed by atoms with van der Waals surface area (Å²) in [6.45, 7) is 14.8. The predicted molar refractivity (Wildman–Crippen MR) is 163 cm³/mol. The average Bonchev–Trinajstić information content (AvgIpc) is 3.32. The van der Waals surface area contributed by atoms with Gasteiger partial charge in [0.2, 0.25) is 0 Å². The molecule has 2 spiro atoms. The van der Waals surface area contributed by atoms with Gasteiger partial charge in [0, 0.05) is 19.8 Å². The monoisotopic (exact) mass is 616 g/mol. The Morgan fingerprint density at radius 2 is 1.75 bits per heavy atom. The molecule has 13 atom stereocenters. The first kappa shape index (κ1) is 31.4. The molecule has 4 unspecified atom stereocenters. The van der Waals surface area contributed by atoms with E-state index in [4.69, 9.17) is 18.9 Å². The van der Waals surface area contributed by atoms with Gasteiger partial charge in [-0.2, -0.15) is 0 Å². The third-order valence-corrected chi connectivity index (χ3v) is 14.7. The Morgan fingerprint density at radius 1 is 1.00 bits per heavy atom. The number of hydrogen-bond donors (Lipinski definition) is 3. The van der Waals surface area contributed by atoms with E-state index < -0.39 is 30.2 Å². The smallest absolute Gasteiger partial charge is 0.303 e.